The Labute approximate surface area is 151 Å². The molecular weight excluding hydrogens is 338 g/mol. The number of hydrogen-bond acceptors (Lipinski definition) is 2. The number of ether oxygens (including phenoxy) is 1. The molecule has 0 aliphatic carbocycles. The van der Waals surface area contributed by atoms with Gasteiger partial charge in [-0.3, -0.25) is 0 Å². The number of aromatic amines is 1. The quantitative estimate of drug-likeness (QED) is 0.582. The maximum Gasteiger partial charge on any atom is 0.317 e. The minimum atomic E-state index is -0.450. The average molecular weight is 358 g/mol. The first kappa shape index (κ1) is 17.2. The maximum atomic E-state index is 12.0. The van der Waals surface area contributed by atoms with Crippen LogP contribution in [0.4, 0.5) is 4.79 Å². The van der Waals surface area contributed by atoms with Gasteiger partial charge in [0.15, 0.2) is 6.23 Å². The summed E-state index contributed by atoms with van der Waals surface area (Å²) in [5.41, 5.74) is 2.29. The van der Waals surface area contributed by atoms with Crippen LogP contribution in [0.3, 0.4) is 0 Å². The van der Waals surface area contributed by atoms with E-state index >= 15 is 0 Å². The number of hydrogen-bond donors (Lipinski definition) is 3. The molecule has 3 aromatic rings. The van der Waals surface area contributed by atoms with E-state index < -0.39 is 6.23 Å². The smallest absolute Gasteiger partial charge is 0.317 e. The van der Waals surface area contributed by atoms with E-state index in [2.05, 4.69) is 21.7 Å². The predicted octanol–water partition coefficient (Wildman–Crippen LogP) is 4.09. The van der Waals surface area contributed by atoms with Crippen LogP contribution in [-0.2, 0) is 6.42 Å². The van der Waals surface area contributed by atoms with E-state index in [0.717, 1.165) is 11.9 Å². The molecule has 0 spiro atoms. The van der Waals surface area contributed by atoms with Crippen LogP contribution < -0.4 is 15.4 Å². The fourth-order valence-corrected chi connectivity index (χ4v) is 2.76. The van der Waals surface area contributed by atoms with Crippen molar-refractivity contribution in [2.24, 2.45) is 0 Å². The average Bonchev–Trinajstić information content (AvgIpc) is 3.00. The number of rotatable bonds is 6. The summed E-state index contributed by atoms with van der Waals surface area (Å²) >= 11 is 5.83. The van der Waals surface area contributed by atoms with E-state index in [4.69, 9.17) is 16.3 Å². The number of urea groups is 1. The van der Waals surface area contributed by atoms with Gasteiger partial charge in [0.2, 0.25) is 0 Å². The Morgan fingerprint density at radius 1 is 1.20 bits per heavy atom. The van der Waals surface area contributed by atoms with E-state index in [0.29, 0.717) is 17.3 Å². The van der Waals surface area contributed by atoms with E-state index in [1.807, 2.05) is 24.4 Å². The van der Waals surface area contributed by atoms with Crippen molar-refractivity contribution in [3.63, 3.8) is 0 Å². The van der Waals surface area contributed by atoms with Crippen LogP contribution in [0.2, 0.25) is 5.02 Å². The molecule has 25 heavy (non-hydrogen) atoms. The standard InChI is InChI=1S/C19H20ClN3O2/c1-13(25-16-8-6-15(20)7-9-16)23-19(24)21-11-10-14-12-22-18-5-3-2-4-17(14)18/h2-9,12-13,22H,10-11H2,1H3,(H2,21,23,24). The molecule has 3 rings (SSSR count). The minimum absolute atomic E-state index is 0.263. The number of carbonyl (C=O) groups is 1. The summed E-state index contributed by atoms with van der Waals surface area (Å²) in [5.74, 6) is 0.649. The Kier molecular flexibility index (Phi) is 5.46. The summed E-state index contributed by atoms with van der Waals surface area (Å²) in [6, 6.07) is 14.9. The first-order valence-electron chi connectivity index (χ1n) is 8.13. The molecule has 1 unspecified atom stereocenters. The highest BCUT2D eigenvalue weighted by molar-refractivity contribution is 6.30. The number of amides is 2. The molecule has 130 valence electrons. The Morgan fingerprint density at radius 2 is 1.96 bits per heavy atom. The highest BCUT2D eigenvalue weighted by atomic mass is 35.5. The molecule has 0 saturated carbocycles. The van der Waals surface area contributed by atoms with Gasteiger partial charge < -0.3 is 20.4 Å². The van der Waals surface area contributed by atoms with Gasteiger partial charge in [-0.2, -0.15) is 0 Å². The molecule has 1 aromatic heterocycles. The van der Waals surface area contributed by atoms with Gasteiger partial charge in [0.1, 0.15) is 5.75 Å². The van der Waals surface area contributed by atoms with Crippen LogP contribution in [-0.4, -0.2) is 23.8 Å². The summed E-state index contributed by atoms with van der Waals surface area (Å²) in [5, 5.41) is 7.42. The van der Waals surface area contributed by atoms with Crippen LogP contribution in [0.5, 0.6) is 5.75 Å². The number of H-pyrrole nitrogens is 1. The van der Waals surface area contributed by atoms with Crippen molar-refractivity contribution < 1.29 is 9.53 Å². The van der Waals surface area contributed by atoms with Crippen molar-refractivity contribution >= 4 is 28.5 Å². The van der Waals surface area contributed by atoms with Gasteiger partial charge in [-0.15, -0.1) is 0 Å². The molecule has 3 N–H and O–H groups in total. The molecular formula is C19H20ClN3O2. The molecule has 5 nitrogen and oxygen atoms in total. The molecule has 2 amide bonds. The largest absolute Gasteiger partial charge is 0.471 e. The van der Waals surface area contributed by atoms with Gasteiger partial charge in [0, 0.05) is 28.7 Å². The molecule has 0 aliphatic heterocycles. The third-order valence-corrected chi connectivity index (χ3v) is 4.07. The van der Waals surface area contributed by atoms with E-state index in [-0.39, 0.29) is 6.03 Å². The summed E-state index contributed by atoms with van der Waals surface area (Å²) in [7, 11) is 0. The molecule has 6 heteroatoms. The van der Waals surface area contributed by atoms with Crippen LogP contribution in [0, 0.1) is 0 Å². The first-order chi connectivity index (χ1) is 12.1. The second-order valence-electron chi connectivity index (χ2n) is 5.72. The topological polar surface area (TPSA) is 66.2 Å². The second kappa shape index (κ2) is 7.94. The van der Waals surface area contributed by atoms with E-state index in [1.165, 1.54) is 10.9 Å². The number of nitrogens with one attached hydrogen (secondary N) is 3. The lowest BCUT2D eigenvalue weighted by Gasteiger charge is -2.16. The SMILES string of the molecule is CC(NC(=O)NCCc1c[nH]c2ccccc12)Oc1ccc(Cl)cc1. The number of para-hydroxylation sites is 1. The Bertz CT molecular complexity index is 845. The van der Waals surface area contributed by atoms with Crippen LogP contribution in [0.1, 0.15) is 12.5 Å². The Hall–Kier alpha value is -2.66. The number of aromatic nitrogens is 1. The lowest BCUT2D eigenvalue weighted by molar-refractivity contribution is 0.177. The van der Waals surface area contributed by atoms with Crippen molar-refractivity contribution in [1.82, 2.24) is 15.6 Å². The minimum Gasteiger partial charge on any atom is -0.471 e. The van der Waals surface area contributed by atoms with Crippen molar-refractivity contribution in [3.05, 3.63) is 65.3 Å². The molecule has 2 aromatic carbocycles. The fourth-order valence-electron chi connectivity index (χ4n) is 2.63. The lowest BCUT2D eigenvalue weighted by atomic mass is 10.1. The summed E-state index contributed by atoms with van der Waals surface area (Å²) < 4.78 is 5.61. The molecule has 0 saturated heterocycles. The lowest BCUT2D eigenvalue weighted by Crippen LogP contribution is -2.43. The Balaban J connectivity index is 1.44. The van der Waals surface area contributed by atoms with E-state index in [9.17, 15) is 4.79 Å². The van der Waals surface area contributed by atoms with Crippen molar-refractivity contribution in [1.29, 1.82) is 0 Å². The van der Waals surface area contributed by atoms with Gasteiger partial charge in [0.05, 0.1) is 0 Å². The highest BCUT2D eigenvalue weighted by Gasteiger charge is 2.09. The Morgan fingerprint density at radius 3 is 2.76 bits per heavy atom. The van der Waals surface area contributed by atoms with Gasteiger partial charge in [-0.05, 0) is 49.2 Å². The normalized spacial score (nSPS) is 11.9. The van der Waals surface area contributed by atoms with Gasteiger partial charge in [-0.1, -0.05) is 29.8 Å². The number of halogens is 1. The number of benzene rings is 2. The van der Waals surface area contributed by atoms with Crippen LogP contribution >= 0.6 is 11.6 Å². The van der Waals surface area contributed by atoms with Crippen molar-refractivity contribution in [2.45, 2.75) is 19.6 Å². The summed E-state index contributed by atoms with van der Waals surface area (Å²) in [6.45, 7) is 2.31. The summed E-state index contributed by atoms with van der Waals surface area (Å²) in [6.07, 6.45) is 2.29. The number of fused-ring (bicyclic) bond motifs is 1. The molecule has 0 bridgehead atoms. The third-order valence-electron chi connectivity index (χ3n) is 3.82. The highest BCUT2D eigenvalue weighted by Crippen LogP contribution is 2.18. The molecule has 0 aliphatic rings. The zero-order valence-corrected chi connectivity index (χ0v) is 14.6. The van der Waals surface area contributed by atoms with Crippen LogP contribution in [0.15, 0.2) is 54.7 Å². The first-order valence-corrected chi connectivity index (χ1v) is 8.51. The molecule has 0 fully saturated rings. The summed E-state index contributed by atoms with van der Waals surface area (Å²) in [4.78, 5) is 15.2. The third kappa shape index (κ3) is 4.67. The molecule has 1 atom stereocenters. The fraction of sp³-hybridized carbons (Fsp3) is 0.211. The maximum absolute atomic E-state index is 12.0. The van der Waals surface area contributed by atoms with Crippen LogP contribution in [0.25, 0.3) is 10.9 Å². The second-order valence-corrected chi connectivity index (χ2v) is 6.16. The monoisotopic (exact) mass is 357 g/mol. The zero-order valence-electron chi connectivity index (χ0n) is 13.9. The van der Waals surface area contributed by atoms with Gasteiger partial charge in [-0.25, -0.2) is 4.79 Å². The van der Waals surface area contributed by atoms with Gasteiger partial charge in [0.25, 0.3) is 0 Å². The molecule has 1 heterocycles. The molecule has 0 radical (unpaired) electrons. The predicted molar refractivity (Wildman–Crippen MR) is 100 cm³/mol. The van der Waals surface area contributed by atoms with Gasteiger partial charge >= 0.3 is 6.03 Å². The van der Waals surface area contributed by atoms with E-state index in [1.54, 1.807) is 31.2 Å². The number of carbonyl (C=O) groups excluding carboxylic acids is 1. The van der Waals surface area contributed by atoms with Crippen molar-refractivity contribution in [2.75, 3.05) is 6.54 Å². The van der Waals surface area contributed by atoms with Crippen molar-refractivity contribution in [3.8, 4) is 5.75 Å². The zero-order chi connectivity index (χ0) is 17.6.